The van der Waals surface area contributed by atoms with Crippen molar-refractivity contribution in [2.24, 2.45) is 4.99 Å². The Morgan fingerprint density at radius 3 is 2.96 bits per heavy atom. The number of hydrogen-bond donors (Lipinski definition) is 2. The monoisotopic (exact) mass is 403 g/mol. The molecular weight excluding hydrogens is 382 g/mol. The van der Waals surface area contributed by atoms with Gasteiger partial charge in [-0.1, -0.05) is 13.8 Å². The summed E-state index contributed by atoms with van der Waals surface area (Å²) in [6.07, 6.45) is 1.85. The lowest BCUT2D eigenvalue weighted by molar-refractivity contribution is -0.113. The summed E-state index contributed by atoms with van der Waals surface area (Å²) >= 11 is 3.32. The van der Waals surface area contributed by atoms with Crippen LogP contribution in [-0.4, -0.2) is 24.3 Å². The lowest BCUT2D eigenvalue weighted by atomic mass is 10.2. The summed E-state index contributed by atoms with van der Waals surface area (Å²) in [5, 5.41) is 7.45. The zero-order chi connectivity index (χ0) is 18.8. The van der Waals surface area contributed by atoms with Gasteiger partial charge in [-0.05, 0) is 24.6 Å². The predicted molar refractivity (Wildman–Crippen MR) is 111 cm³/mol. The van der Waals surface area contributed by atoms with Crippen molar-refractivity contribution in [3.8, 4) is 11.5 Å². The number of carbonyl (C=O) groups excluding carboxylic acids is 1. The topological polar surface area (TPSA) is 72.0 Å². The molecule has 0 aliphatic carbocycles. The molecule has 2 aromatic rings. The second-order valence-corrected chi connectivity index (χ2v) is 8.39. The molecule has 1 amide bonds. The van der Waals surface area contributed by atoms with E-state index in [1.165, 1.54) is 10.4 Å². The van der Waals surface area contributed by atoms with Gasteiger partial charge in [-0.2, -0.15) is 0 Å². The van der Waals surface area contributed by atoms with Gasteiger partial charge in [0.2, 0.25) is 12.7 Å². The molecule has 6 nitrogen and oxygen atoms in total. The number of nitrogens with one attached hydrogen (secondary N) is 2. The van der Waals surface area contributed by atoms with E-state index in [-0.39, 0.29) is 18.1 Å². The van der Waals surface area contributed by atoms with Crippen LogP contribution in [0.2, 0.25) is 0 Å². The molecule has 1 unspecified atom stereocenters. The molecule has 4 rings (SSSR count). The number of carbonyl (C=O) groups is 1. The smallest absolute Gasteiger partial charge is 0.234 e. The predicted octanol–water partition coefficient (Wildman–Crippen LogP) is 4.64. The standard InChI is InChI=1S/C19H21N3O3S2/c1-3-12-8-13-18(21-16(4-2)22-19(13)27-12)26-9-17(23)20-11-5-6-14-15(7-11)25-10-24-14/h5-8,18H,3-4,9-10H2,1-2H3,(H,20,23)(H,21,22). The quantitative estimate of drug-likeness (QED) is 0.735. The summed E-state index contributed by atoms with van der Waals surface area (Å²) in [6, 6.07) is 7.61. The molecule has 0 saturated heterocycles. The molecule has 142 valence electrons. The molecule has 0 saturated carbocycles. The van der Waals surface area contributed by atoms with E-state index in [9.17, 15) is 4.79 Å². The fourth-order valence-corrected chi connectivity index (χ4v) is 4.99. The molecule has 1 aromatic carbocycles. The summed E-state index contributed by atoms with van der Waals surface area (Å²) < 4.78 is 10.6. The number of thioether (sulfide) groups is 1. The van der Waals surface area contributed by atoms with Gasteiger partial charge in [0.15, 0.2) is 11.5 Å². The first-order valence-electron chi connectivity index (χ1n) is 8.93. The minimum absolute atomic E-state index is 0.0461. The highest BCUT2D eigenvalue weighted by Gasteiger charge is 2.24. The van der Waals surface area contributed by atoms with Crippen LogP contribution in [0.3, 0.4) is 0 Å². The Labute approximate surface area is 166 Å². The lowest BCUT2D eigenvalue weighted by Crippen LogP contribution is -2.19. The minimum atomic E-state index is -0.0573. The third-order valence-corrected chi connectivity index (χ3v) is 6.64. The van der Waals surface area contributed by atoms with Crippen LogP contribution in [0.5, 0.6) is 11.5 Å². The van der Waals surface area contributed by atoms with E-state index >= 15 is 0 Å². The van der Waals surface area contributed by atoms with E-state index in [0.29, 0.717) is 22.9 Å². The number of aliphatic imine (C=N–C) groups is 1. The summed E-state index contributed by atoms with van der Waals surface area (Å²) in [5.41, 5.74) is 1.88. The number of ether oxygens (including phenoxy) is 2. The number of benzene rings is 1. The molecule has 2 aliphatic rings. The summed E-state index contributed by atoms with van der Waals surface area (Å²) in [4.78, 5) is 18.5. The summed E-state index contributed by atoms with van der Waals surface area (Å²) in [7, 11) is 0. The molecule has 0 radical (unpaired) electrons. The Morgan fingerprint density at radius 1 is 1.30 bits per heavy atom. The van der Waals surface area contributed by atoms with Gasteiger partial charge in [-0.15, -0.1) is 23.1 Å². The van der Waals surface area contributed by atoms with Crippen molar-refractivity contribution < 1.29 is 14.3 Å². The van der Waals surface area contributed by atoms with E-state index in [0.717, 1.165) is 23.7 Å². The second-order valence-electron chi connectivity index (χ2n) is 6.18. The molecule has 1 aromatic heterocycles. The average molecular weight is 404 g/mol. The van der Waals surface area contributed by atoms with Crippen molar-refractivity contribution in [1.29, 1.82) is 0 Å². The van der Waals surface area contributed by atoms with E-state index in [4.69, 9.17) is 14.5 Å². The summed E-state index contributed by atoms with van der Waals surface area (Å²) in [5.74, 6) is 2.61. The van der Waals surface area contributed by atoms with Gasteiger partial charge in [0.1, 0.15) is 16.2 Å². The molecule has 1 atom stereocenters. The highest BCUT2D eigenvalue weighted by Crippen LogP contribution is 2.43. The molecule has 27 heavy (non-hydrogen) atoms. The van der Waals surface area contributed by atoms with Crippen molar-refractivity contribution in [2.45, 2.75) is 32.1 Å². The maximum atomic E-state index is 12.4. The van der Waals surface area contributed by atoms with Crippen molar-refractivity contribution in [2.75, 3.05) is 23.2 Å². The van der Waals surface area contributed by atoms with E-state index in [2.05, 4.69) is 30.5 Å². The lowest BCUT2D eigenvalue weighted by Gasteiger charge is -2.21. The largest absolute Gasteiger partial charge is 0.454 e. The molecular formula is C19H21N3O3S2. The molecule has 2 N–H and O–H groups in total. The van der Waals surface area contributed by atoms with Gasteiger partial charge in [-0.25, -0.2) is 0 Å². The Balaban J connectivity index is 1.41. The molecule has 0 fully saturated rings. The Bertz CT molecular complexity index is 894. The first kappa shape index (κ1) is 18.2. The maximum Gasteiger partial charge on any atom is 0.234 e. The maximum absolute atomic E-state index is 12.4. The van der Waals surface area contributed by atoms with Crippen LogP contribution in [0.15, 0.2) is 29.3 Å². The van der Waals surface area contributed by atoms with Gasteiger partial charge < -0.3 is 20.1 Å². The number of amides is 1. The van der Waals surface area contributed by atoms with Gasteiger partial charge in [0.05, 0.1) is 5.75 Å². The average Bonchev–Trinajstić information content (AvgIpc) is 3.31. The Hall–Kier alpha value is -2.19. The number of anilines is 2. The number of rotatable bonds is 6. The van der Waals surface area contributed by atoms with Crippen LogP contribution in [-0.2, 0) is 11.2 Å². The Kier molecular flexibility index (Phi) is 5.27. The Morgan fingerprint density at radius 2 is 2.15 bits per heavy atom. The first-order valence-corrected chi connectivity index (χ1v) is 10.8. The third-order valence-electron chi connectivity index (χ3n) is 4.32. The number of fused-ring (bicyclic) bond motifs is 2. The van der Waals surface area contributed by atoms with Gasteiger partial charge >= 0.3 is 0 Å². The molecule has 8 heteroatoms. The fourth-order valence-electron chi connectivity index (χ4n) is 2.92. The normalized spacial score (nSPS) is 17.1. The van der Waals surface area contributed by atoms with Crippen LogP contribution in [0, 0.1) is 0 Å². The highest BCUT2D eigenvalue weighted by molar-refractivity contribution is 8.00. The second kappa shape index (κ2) is 7.82. The zero-order valence-electron chi connectivity index (χ0n) is 15.2. The van der Waals surface area contributed by atoms with Crippen LogP contribution < -0.4 is 20.1 Å². The van der Waals surface area contributed by atoms with Crippen molar-refractivity contribution in [3.63, 3.8) is 0 Å². The molecule has 0 bridgehead atoms. The van der Waals surface area contributed by atoms with Crippen LogP contribution in [0.4, 0.5) is 10.7 Å². The number of aryl methyl sites for hydroxylation is 1. The van der Waals surface area contributed by atoms with Gasteiger partial charge in [0, 0.05) is 28.6 Å². The van der Waals surface area contributed by atoms with E-state index < -0.39 is 0 Å². The number of nitrogens with zero attached hydrogens (tertiary/aromatic N) is 1. The van der Waals surface area contributed by atoms with Crippen molar-refractivity contribution >= 4 is 45.5 Å². The number of thiophene rings is 1. The van der Waals surface area contributed by atoms with Gasteiger partial charge in [-0.3, -0.25) is 9.79 Å². The highest BCUT2D eigenvalue weighted by atomic mass is 32.2. The van der Waals surface area contributed by atoms with Crippen LogP contribution in [0.25, 0.3) is 0 Å². The van der Waals surface area contributed by atoms with Gasteiger partial charge in [0.25, 0.3) is 0 Å². The van der Waals surface area contributed by atoms with Crippen molar-refractivity contribution in [3.05, 3.63) is 34.7 Å². The van der Waals surface area contributed by atoms with Crippen LogP contribution >= 0.6 is 23.1 Å². The number of hydrogen-bond acceptors (Lipinski definition) is 7. The van der Waals surface area contributed by atoms with Crippen molar-refractivity contribution in [1.82, 2.24) is 0 Å². The molecule has 3 heterocycles. The summed E-state index contributed by atoms with van der Waals surface area (Å²) in [6.45, 7) is 4.46. The molecule has 2 aliphatic heterocycles. The zero-order valence-corrected chi connectivity index (χ0v) is 16.8. The minimum Gasteiger partial charge on any atom is -0.454 e. The first-order chi connectivity index (χ1) is 13.2. The van der Waals surface area contributed by atoms with E-state index in [1.807, 2.05) is 6.07 Å². The fraction of sp³-hybridized carbons (Fsp3) is 0.368. The third kappa shape index (κ3) is 3.91. The number of amidine groups is 1. The molecule has 0 spiro atoms. The van der Waals surface area contributed by atoms with Crippen LogP contribution in [0.1, 0.15) is 36.1 Å². The van der Waals surface area contributed by atoms with E-state index in [1.54, 1.807) is 35.2 Å². The SMILES string of the molecule is CCC1=NC(SCC(=O)Nc2ccc3c(c2)OCO3)c2cc(CC)sc2N1.